The molecule has 8 nitrogen and oxygen atoms in total. The Balaban J connectivity index is 1.84. The van der Waals surface area contributed by atoms with E-state index in [1.54, 1.807) is 19.1 Å². The standard InChI is InChI=1S/C19H21NO7S/c1-3-25-19(22)16-8-10-26-17(16)13-27-18(21)12-20-28(23,24)11-9-15-6-4-14(2)5-7-15/h4-11,20H,3,12-13H2,1-2H3/b11-9+. The average Bonchev–Trinajstić information content (AvgIpc) is 3.13. The van der Waals surface area contributed by atoms with Gasteiger partial charge in [0.15, 0.2) is 5.76 Å². The Hall–Kier alpha value is -2.91. The number of rotatable bonds is 9. The van der Waals surface area contributed by atoms with E-state index in [0.717, 1.165) is 11.0 Å². The molecule has 0 saturated carbocycles. The molecular formula is C19H21NO7S. The Morgan fingerprint density at radius 1 is 1.14 bits per heavy atom. The Kier molecular flexibility index (Phi) is 7.53. The molecule has 0 radical (unpaired) electrons. The highest BCUT2D eigenvalue weighted by atomic mass is 32.2. The Bertz CT molecular complexity index is 943. The molecule has 0 saturated heterocycles. The highest BCUT2D eigenvalue weighted by molar-refractivity contribution is 7.92. The van der Waals surface area contributed by atoms with Crippen molar-refractivity contribution in [2.24, 2.45) is 0 Å². The molecule has 0 bridgehead atoms. The molecule has 1 aromatic heterocycles. The summed E-state index contributed by atoms with van der Waals surface area (Å²) in [6.45, 7) is 2.91. The van der Waals surface area contributed by atoms with E-state index in [1.165, 1.54) is 18.4 Å². The highest BCUT2D eigenvalue weighted by Crippen LogP contribution is 2.13. The van der Waals surface area contributed by atoms with Gasteiger partial charge in [-0.05, 0) is 31.6 Å². The first kappa shape index (κ1) is 21.4. The number of carbonyl (C=O) groups excluding carboxylic acids is 2. The smallest absolute Gasteiger partial charge is 0.341 e. The zero-order valence-electron chi connectivity index (χ0n) is 15.5. The number of hydrogen-bond donors (Lipinski definition) is 1. The van der Waals surface area contributed by atoms with Gasteiger partial charge in [-0.3, -0.25) is 4.79 Å². The molecule has 0 fully saturated rings. The molecule has 28 heavy (non-hydrogen) atoms. The molecule has 2 rings (SSSR count). The predicted octanol–water partition coefficient (Wildman–Crippen LogP) is 2.40. The van der Waals surface area contributed by atoms with Gasteiger partial charge >= 0.3 is 11.9 Å². The first-order chi connectivity index (χ1) is 13.3. The van der Waals surface area contributed by atoms with Gasteiger partial charge in [0.1, 0.15) is 18.7 Å². The molecule has 0 atom stereocenters. The van der Waals surface area contributed by atoms with Crippen LogP contribution in [0, 0.1) is 6.92 Å². The number of ether oxygens (including phenoxy) is 2. The minimum Gasteiger partial charge on any atom is -0.465 e. The second-order valence-electron chi connectivity index (χ2n) is 5.72. The summed E-state index contributed by atoms with van der Waals surface area (Å²) in [4.78, 5) is 23.5. The van der Waals surface area contributed by atoms with Crippen molar-refractivity contribution in [1.29, 1.82) is 0 Å². The molecule has 0 spiro atoms. The molecule has 0 aliphatic rings. The molecule has 2 aromatic rings. The number of carbonyl (C=O) groups is 2. The summed E-state index contributed by atoms with van der Waals surface area (Å²) >= 11 is 0. The fourth-order valence-electron chi connectivity index (χ4n) is 2.09. The lowest BCUT2D eigenvalue weighted by Crippen LogP contribution is -2.29. The largest absolute Gasteiger partial charge is 0.465 e. The number of esters is 2. The van der Waals surface area contributed by atoms with Crippen LogP contribution in [0.1, 0.15) is 34.2 Å². The summed E-state index contributed by atoms with van der Waals surface area (Å²) in [7, 11) is -3.81. The molecule has 0 aliphatic heterocycles. The zero-order valence-corrected chi connectivity index (χ0v) is 16.3. The van der Waals surface area contributed by atoms with Crippen LogP contribution >= 0.6 is 0 Å². The monoisotopic (exact) mass is 407 g/mol. The maximum Gasteiger partial charge on any atom is 0.341 e. The van der Waals surface area contributed by atoms with E-state index in [4.69, 9.17) is 13.9 Å². The quantitative estimate of drug-likeness (QED) is 0.635. The van der Waals surface area contributed by atoms with Crippen LogP contribution in [0.4, 0.5) is 0 Å². The summed E-state index contributed by atoms with van der Waals surface area (Å²) in [6, 6.07) is 8.67. The molecule has 1 N–H and O–H groups in total. The van der Waals surface area contributed by atoms with Crippen molar-refractivity contribution in [3.05, 3.63) is 64.5 Å². The third-order valence-electron chi connectivity index (χ3n) is 3.54. The second kappa shape index (κ2) is 9.86. The van der Waals surface area contributed by atoms with E-state index in [0.29, 0.717) is 5.56 Å². The van der Waals surface area contributed by atoms with Gasteiger partial charge in [-0.15, -0.1) is 0 Å². The van der Waals surface area contributed by atoms with Crippen LogP contribution in [0.3, 0.4) is 0 Å². The number of sulfonamides is 1. The third-order valence-corrected chi connectivity index (χ3v) is 4.58. The average molecular weight is 407 g/mol. The zero-order chi connectivity index (χ0) is 20.6. The SMILES string of the molecule is CCOC(=O)c1ccoc1COC(=O)CNS(=O)(=O)/C=C/c1ccc(C)cc1. The van der Waals surface area contributed by atoms with Crippen molar-refractivity contribution in [3.63, 3.8) is 0 Å². The van der Waals surface area contributed by atoms with Crippen LogP contribution in [-0.4, -0.2) is 33.5 Å². The van der Waals surface area contributed by atoms with Crippen LogP contribution in [0.15, 0.2) is 46.4 Å². The summed E-state index contributed by atoms with van der Waals surface area (Å²) in [5, 5.41) is 0.969. The summed E-state index contributed by atoms with van der Waals surface area (Å²) in [5.74, 6) is -1.29. The first-order valence-corrected chi connectivity index (χ1v) is 9.99. The number of hydrogen-bond acceptors (Lipinski definition) is 7. The first-order valence-electron chi connectivity index (χ1n) is 8.44. The topological polar surface area (TPSA) is 112 Å². The van der Waals surface area contributed by atoms with E-state index < -0.39 is 28.5 Å². The van der Waals surface area contributed by atoms with Crippen LogP contribution < -0.4 is 4.72 Å². The fourth-order valence-corrected chi connectivity index (χ4v) is 2.85. The van der Waals surface area contributed by atoms with Crippen molar-refractivity contribution >= 4 is 28.0 Å². The lowest BCUT2D eigenvalue weighted by molar-refractivity contribution is -0.144. The van der Waals surface area contributed by atoms with E-state index in [1.807, 2.05) is 19.1 Å². The van der Waals surface area contributed by atoms with Crippen molar-refractivity contribution in [3.8, 4) is 0 Å². The van der Waals surface area contributed by atoms with Crippen molar-refractivity contribution in [1.82, 2.24) is 4.72 Å². The van der Waals surface area contributed by atoms with Crippen LogP contribution in [0.2, 0.25) is 0 Å². The van der Waals surface area contributed by atoms with Gasteiger partial charge in [0, 0.05) is 5.41 Å². The lowest BCUT2D eigenvalue weighted by Gasteiger charge is -2.06. The van der Waals surface area contributed by atoms with Gasteiger partial charge in [0.05, 0.1) is 12.9 Å². The van der Waals surface area contributed by atoms with Crippen LogP contribution in [0.25, 0.3) is 6.08 Å². The molecule has 1 aromatic carbocycles. The maximum atomic E-state index is 11.9. The molecule has 9 heteroatoms. The van der Waals surface area contributed by atoms with E-state index in [9.17, 15) is 18.0 Å². The number of benzene rings is 1. The number of aryl methyl sites for hydroxylation is 1. The minimum absolute atomic E-state index is 0.119. The van der Waals surface area contributed by atoms with Gasteiger partial charge < -0.3 is 13.9 Å². The summed E-state index contributed by atoms with van der Waals surface area (Å²) < 4.78 is 40.9. The summed E-state index contributed by atoms with van der Waals surface area (Å²) in [6.07, 6.45) is 2.69. The maximum absolute atomic E-state index is 11.9. The molecule has 1 heterocycles. The van der Waals surface area contributed by atoms with Gasteiger partial charge in [0.25, 0.3) is 0 Å². The van der Waals surface area contributed by atoms with Gasteiger partial charge in [-0.25, -0.2) is 17.9 Å². The molecule has 150 valence electrons. The van der Waals surface area contributed by atoms with Crippen molar-refractivity contribution in [2.75, 3.05) is 13.2 Å². The van der Waals surface area contributed by atoms with Crippen molar-refractivity contribution < 1.29 is 31.9 Å². The second-order valence-corrected chi connectivity index (χ2v) is 7.37. The molecule has 0 aliphatic carbocycles. The lowest BCUT2D eigenvalue weighted by atomic mass is 10.2. The minimum atomic E-state index is -3.81. The number of nitrogens with one attached hydrogen (secondary N) is 1. The summed E-state index contributed by atoms with van der Waals surface area (Å²) in [5.41, 5.74) is 1.92. The third kappa shape index (κ3) is 6.67. The normalized spacial score (nSPS) is 11.5. The van der Waals surface area contributed by atoms with Gasteiger partial charge in [-0.2, -0.15) is 0 Å². The Morgan fingerprint density at radius 2 is 1.86 bits per heavy atom. The predicted molar refractivity (Wildman–Crippen MR) is 102 cm³/mol. The van der Waals surface area contributed by atoms with E-state index in [-0.39, 0.29) is 24.5 Å². The van der Waals surface area contributed by atoms with Gasteiger partial charge in [0.2, 0.25) is 10.0 Å². The molecular weight excluding hydrogens is 386 g/mol. The van der Waals surface area contributed by atoms with Crippen LogP contribution in [-0.2, 0) is 30.9 Å². The Morgan fingerprint density at radius 3 is 2.54 bits per heavy atom. The molecule has 0 unspecified atom stereocenters. The Labute approximate surface area is 163 Å². The van der Waals surface area contributed by atoms with Crippen LogP contribution in [0.5, 0.6) is 0 Å². The molecule has 0 amide bonds. The van der Waals surface area contributed by atoms with E-state index >= 15 is 0 Å². The number of furan rings is 1. The fraction of sp³-hybridized carbons (Fsp3) is 0.263. The van der Waals surface area contributed by atoms with Crippen molar-refractivity contribution in [2.45, 2.75) is 20.5 Å². The van der Waals surface area contributed by atoms with E-state index in [2.05, 4.69) is 4.72 Å². The highest BCUT2D eigenvalue weighted by Gasteiger charge is 2.17. The van der Waals surface area contributed by atoms with Gasteiger partial charge in [-0.1, -0.05) is 29.8 Å².